The summed E-state index contributed by atoms with van der Waals surface area (Å²) in [5.74, 6) is -3.04. The van der Waals surface area contributed by atoms with E-state index in [1.807, 2.05) is 30.3 Å². The zero-order chi connectivity index (χ0) is 32.2. The fraction of sp³-hybridized carbons (Fsp3) is 0.667. The molecule has 2 saturated heterocycles. The highest BCUT2D eigenvalue weighted by atomic mass is 16.7. The summed E-state index contributed by atoms with van der Waals surface area (Å²) in [4.78, 5) is 47.5. The van der Waals surface area contributed by atoms with Crippen LogP contribution in [0.3, 0.4) is 0 Å². The van der Waals surface area contributed by atoms with Crippen LogP contribution in [-0.2, 0) is 68.4 Å². The van der Waals surface area contributed by atoms with Crippen molar-refractivity contribution in [2.75, 3.05) is 20.3 Å². The van der Waals surface area contributed by atoms with Gasteiger partial charge in [-0.3, -0.25) is 19.2 Å². The molecule has 0 bridgehead atoms. The molecule has 1 aromatic rings. The molecule has 244 valence electrons. The maximum Gasteiger partial charge on any atom is 0.303 e. The largest absolute Gasteiger partial charge is 0.463 e. The van der Waals surface area contributed by atoms with Crippen LogP contribution < -0.4 is 0 Å². The summed E-state index contributed by atoms with van der Waals surface area (Å²) in [5, 5.41) is 11.3. The molecule has 11 atom stereocenters. The second-order valence-corrected chi connectivity index (χ2v) is 11.2. The monoisotopic (exact) mass is 624 g/mol. The lowest BCUT2D eigenvalue weighted by Gasteiger charge is -2.43. The average molecular weight is 625 g/mol. The van der Waals surface area contributed by atoms with E-state index in [4.69, 9.17) is 42.6 Å². The summed E-state index contributed by atoms with van der Waals surface area (Å²) < 4.78 is 51.6. The number of hydrogen-bond acceptors (Lipinski definition) is 14. The molecule has 0 spiro atoms. The number of carbonyl (C=O) groups is 4. The van der Waals surface area contributed by atoms with Gasteiger partial charge in [0, 0.05) is 34.8 Å². The SMILES string of the molecule is CO[C@H]1O[C@H](COC2(C)[C@@H]3[C@@H](OC(C)=O)[C@@H](OC(C)=O)[C@@H](COC(C)=O)O[C@@H]32)[C@@H](O)[C@H](OC(C)=O)[C@H]1OCc1ccccc1. The molecule has 1 saturated carbocycles. The minimum absolute atomic E-state index is 0.148. The predicted octanol–water partition coefficient (Wildman–Crippen LogP) is 0.835. The number of benzene rings is 1. The van der Waals surface area contributed by atoms with E-state index in [1.165, 1.54) is 34.8 Å². The van der Waals surface area contributed by atoms with Crippen molar-refractivity contribution in [3.63, 3.8) is 0 Å². The number of esters is 4. The van der Waals surface area contributed by atoms with E-state index in [0.717, 1.165) is 5.56 Å². The van der Waals surface area contributed by atoms with Gasteiger partial charge in [-0.15, -0.1) is 0 Å². The van der Waals surface area contributed by atoms with Gasteiger partial charge in [0.25, 0.3) is 0 Å². The van der Waals surface area contributed by atoms with Crippen molar-refractivity contribution >= 4 is 23.9 Å². The molecule has 0 radical (unpaired) electrons. The van der Waals surface area contributed by atoms with Gasteiger partial charge in [0.1, 0.15) is 42.7 Å². The molecule has 2 heterocycles. The highest BCUT2D eigenvalue weighted by molar-refractivity contribution is 5.68. The number of fused-ring (bicyclic) bond motifs is 1. The molecule has 0 amide bonds. The second-order valence-electron chi connectivity index (χ2n) is 11.2. The summed E-state index contributed by atoms with van der Waals surface area (Å²) in [6, 6.07) is 9.31. The van der Waals surface area contributed by atoms with Crippen molar-refractivity contribution < 1.29 is 66.9 Å². The normalized spacial score (nSPS) is 36.0. The summed E-state index contributed by atoms with van der Waals surface area (Å²) >= 11 is 0. The zero-order valence-corrected chi connectivity index (χ0v) is 25.5. The summed E-state index contributed by atoms with van der Waals surface area (Å²) in [6.45, 7) is 6.27. The molecule has 1 aliphatic carbocycles. The molecule has 1 aromatic carbocycles. The van der Waals surface area contributed by atoms with E-state index in [-0.39, 0.29) is 19.8 Å². The van der Waals surface area contributed by atoms with Crippen molar-refractivity contribution in [3.8, 4) is 0 Å². The number of ether oxygens (including phenoxy) is 9. The van der Waals surface area contributed by atoms with Crippen LogP contribution in [0, 0.1) is 5.92 Å². The van der Waals surface area contributed by atoms with Crippen molar-refractivity contribution in [2.45, 2.75) is 102 Å². The average Bonchev–Trinajstić information content (AvgIpc) is 3.55. The Balaban J connectivity index is 1.50. The molecule has 3 fully saturated rings. The Hall–Kier alpha value is -3.14. The third-order valence-electron chi connectivity index (χ3n) is 7.86. The minimum atomic E-state index is -1.37. The van der Waals surface area contributed by atoms with Crippen LogP contribution in [0.25, 0.3) is 0 Å². The Morgan fingerprint density at radius 3 is 2.00 bits per heavy atom. The Morgan fingerprint density at radius 1 is 0.795 bits per heavy atom. The lowest BCUT2D eigenvalue weighted by Crippen LogP contribution is -2.61. The Bertz CT molecular complexity index is 1180. The van der Waals surface area contributed by atoms with Crippen molar-refractivity contribution in [3.05, 3.63) is 35.9 Å². The summed E-state index contributed by atoms with van der Waals surface area (Å²) in [5.41, 5.74) is -0.234. The molecule has 14 nitrogen and oxygen atoms in total. The first-order valence-corrected chi connectivity index (χ1v) is 14.3. The van der Waals surface area contributed by atoms with Crippen LogP contribution in [0.5, 0.6) is 0 Å². The first kappa shape index (κ1) is 33.7. The molecule has 1 unspecified atom stereocenters. The number of hydrogen-bond donors (Lipinski definition) is 1. The van der Waals surface area contributed by atoms with E-state index in [9.17, 15) is 24.3 Å². The van der Waals surface area contributed by atoms with Crippen molar-refractivity contribution in [1.82, 2.24) is 0 Å². The van der Waals surface area contributed by atoms with Crippen LogP contribution in [0.4, 0.5) is 0 Å². The molecule has 3 aliphatic rings. The standard InChI is InChI=1S/C30H40O14/c1-15(31)37-13-21-24(40-16(2)32)25(41-17(3)33)22-28(43-21)30(22,5)39-14-20-23(35)26(42-18(4)34)27(29(36-6)44-20)38-12-19-10-8-7-9-11-19/h7-11,20-29,35H,12-14H2,1-6H3/t20-,21-,22-,23-,24+,25-,26+,27-,28+,29+,30?/m1/s1. The van der Waals surface area contributed by atoms with E-state index in [1.54, 1.807) is 6.92 Å². The number of carbonyl (C=O) groups excluding carboxylic acids is 4. The van der Waals surface area contributed by atoms with Crippen LogP contribution in [0.1, 0.15) is 40.2 Å². The van der Waals surface area contributed by atoms with Gasteiger partial charge in [0.15, 0.2) is 18.5 Å². The van der Waals surface area contributed by atoms with Gasteiger partial charge in [-0.25, -0.2) is 0 Å². The molecular weight excluding hydrogens is 584 g/mol. The van der Waals surface area contributed by atoms with Gasteiger partial charge in [0.05, 0.1) is 25.2 Å². The first-order chi connectivity index (χ1) is 20.8. The van der Waals surface area contributed by atoms with E-state index < -0.39 is 90.5 Å². The lowest BCUT2D eigenvalue weighted by molar-refractivity contribution is -0.311. The Labute approximate surface area is 255 Å². The highest BCUT2D eigenvalue weighted by Crippen LogP contribution is 2.57. The highest BCUT2D eigenvalue weighted by Gasteiger charge is 2.74. The first-order valence-electron chi connectivity index (χ1n) is 14.3. The Morgan fingerprint density at radius 2 is 1.41 bits per heavy atom. The van der Waals surface area contributed by atoms with Crippen LogP contribution in [-0.4, -0.2) is 110 Å². The zero-order valence-electron chi connectivity index (χ0n) is 25.5. The molecule has 4 rings (SSSR count). The quantitative estimate of drug-likeness (QED) is 0.256. The van der Waals surface area contributed by atoms with E-state index in [2.05, 4.69) is 0 Å². The van der Waals surface area contributed by atoms with Crippen molar-refractivity contribution in [2.24, 2.45) is 5.92 Å². The summed E-state index contributed by atoms with van der Waals surface area (Å²) in [6.07, 6.45) is -9.18. The van der Waals surface area contributed by atoms with Crippen LogP contribution in [0.15, 0.2) is 30.3 Å². The minimum Gasteiger partial charge on any atom is -0.463 e. The number of methoxy groups -OCH3 is 1. The molecule has 44 heavy (non-hydrogen) atoms. The molecule has 14 heteroatoms. The maximum atomic E-state index is 12.1. The van der Waals surface area contributed by atoms with Gasteiger partial charge in [0.2, 0.25) is 0 Å². The van der Waals surface area contributed by atoms with Gasteiger partial charge in [-0.2, -0.15) is 0 Å². The number of aliphatic hydroxyl groups excluding tert-OH is 1. The molecule has 1 N–H and O–H groups in total. The lowest BCUT2D eigenvalue weighted by atomic mass is 9.98. The van der Waals surface area contributed by atoms with Gasteiger partial charge in [-0.05, 0) is 12.5 Å². The fourth-order valence-electron chi connectivity index (χ4n) is 5.81. The van der Waals surface area contributed by atoms with Gasteiger partial charge in [-0.1, -0.05) is 30.3 Å². The molecule has 0 aromatic heterocycles. The number of rotatable bonds is 12. The smallest absolute Gasteiger partial charge is 0.303 e. The fourth-order valence-corrected chi connectivity index (χ4v) is 5.81. The van der Waals surface area contributed by atoms with Crippen molar-refractivity contribution in [1.29, 1.82) is 0 Å². The maximum absolute atomic E-state index is 12.1. The molecule has 2 aliphatic heterocycles. The molecular formula is C30H40O14. The summed E-state index contributed by atoms with van der Waals surface area (Å²) in [7, 11) is 1.40. The van der Waals surface area contributed by atoms with Crippen LogP contribution in [0.2, 0.25) is 0 Å². The van der Waals surface area contributed by atoms with Gasteiger partial charge < -0.3 is 47.7 Å². The number of aliphatic hydroxyl groups is 1. The third-order valence-corrected chi connectivity index (χ3v) is 7.86. The second kappa shape index (κ2) is 14.3. The predicted molar refractivity (Wildman–Crippen MR) is 146 cm³/mol. The third kappa shape index (κ3) is 7.73. The van der Waals surface area contributed by atoms with E-state index >= 15 is 0 Å². The Kier molecular flexibility index (Phi) is 11.0. The van der Waals surface area contributed by atoms with Crippen LogP contribution >= 0.6 is 0 Å². The van der Waals surface area contributed by atoms with E-state index in [0.29, 0.717) is 0 Å². The van der Waals surface area contributed by atoms with Gasteiger partial charge >= 0.3 is 23.9 Å². The topological polar surface area (TPSA) is 172 Å².